The standard InChI is InChI=1S/C12H13NO5/c1-7(12(15)18-3)9-4-5-11(13(16)17)10(6-9)8(2)14/h4-7H,1-3H3. The van der Waals surface area contributed by atoms with E-state index in [2.05, 4.69) is 4.74 Å². The van der Waals surface area contributed by atoms with Gasteiger partial charge >= 0.3 is 5.97 Å². The number of esters is 1. The number of nitrogens with zero attached hydrogens (tertiary/aromatic N) is 1. The molecule has 0 heterocycles. The first kappa shape index (κ1) is 13.8. The number of hydrogen-bond acceptors (Lipinski definition) is 5. The fourth-order valence-electron chi connectivity index (χ4n) is 1.58. The van der Waals surface area contributed by atoms with Crippen LogP contribution in [0.5, 0.6) is 0 Å². The zero-order valence-electron chi connectivity index (χ0n) is 10.3. The molecule has 0 aliphatic carbocycles. The summed E-state index contributed by atoms with van der Waals surface area (Å²) in [6.07, 6.45) is 0. The first-order valence-electron chi connectivity index (χ1n) is 5.25. The van der Waals surface area contributed by atoms with Crippen molar-refractivity contribution in [3.63, 3.8) is 0 Å². The molecule has 0 saturated carbocycles. The molecule has 0 saturated heterocycles. The minimum absolute atomic E-state index is 0.00625. The van der Waals surface area contributed by atoms with Crippen molar-refractivity contribution in [1.29, 1.82) is 0 Å². The Balaban J connectivity index is 3.27. The van der Waals surface area contributed by atoms with E-state index in [1.54, 1.807) is 6.92 Å². The van der Waals surface area contributed by atoms with Gasteiger partial charge < -0.3 is 4.74 Å². The lowest BCUT2D eigenvalue weighted by molar-refractivity contribution is -0.385. The van der Waals surface area contributed by atoms with E-state index >= 15 is 0 Å². The van der Waals surface area contributed by atoms with Crippen LogP contribution in [-0.4, -0.2) is 23.8 Å². The average Bonchev–Trinajstić information content (AvgIpc) is 2.35. The van der Waals surface area contributed by atoms with Gasteiger partial charge in [-0.2, -0.15) is 0 Å². The average molecular weight is 251 g/mol. The summed E-state index contributed by atoms with van der Waals surface area (Å²) in [7, 11) is 1.26. The van der Waals surface area contributed by atoms with Gasteiger partial charge in [0.05, 0.1) is 23.5 Å². The van der Waals surface area contributed by atoms with Gasteiger partial charge in [0.1, 0.15) is 0 Å². The molecule has 18 heavy (non-hydrogen) atoms. The van der Waals surface area contributed by atoms with Gasteiger partial charge in [0, 0.05) is 6.07 Å². The van der Waals surface area contributed by atoms with Crippen molar-refractivity contribution >= 4 is 17.4 Å². The van der Waals surface area contributed by atoms with Crippen LogP contribution >= 0.6 is 0 Å². The molecule has 6 heteroatoms. The lowest BCUT2D eigenvalue weighted by Gasteiger charge is -2.10. The first-order valence-corrected chi connectivity index (χ1v) is 5.25. The lowest BCUT2D eigenvalue weighted by Crippen LogP contribution is -2.12. The fraction of sp³-hybridized carbons (Fsp3) is 0.333. The third-order valence-electron chi connectivity index (χ3n) is 2.65. The number of hydrogen-bond donors (Lipinski definition) is 0. The molecule has 6 nitrogen and oxygen atoms in total. The second-order valence-corrected chi connectivity index (χ2v) is 3.83. The van der Waals surface area contributed by atoms with E-state index in [0.29, 0.717) is 5.56 Å². The van der Waals surface area contributed by atoms with Gasteiger partial charge in [0.25, 0.3) is 5.69 Å². The lowest BCUT2D eigenvalue weighted by atomic mass is 9.97. The normalized spacial score (nSPS) is 11.7. The summed E-state index contributed by atoms with van der Waals surface area (Å²) in [6, 6.07) is 4.04. The summed E-state index contributed by atoms with van der Waals surface area (Å²) < 4.78 is 4.59. The summed E-state index contributed by atoms with van der Waals surface area (Å²) >= 11 is 0. The molecule has 1 atom stereocenters. The van der Waals surface area contributed by atoms with E-state index in [9.17, 15) is 19.7 Å². The molecule has 1 rings (SSSR count). The van der Waals surface area contributed by atoms with Crippen molar-refractivity contribution in [2.45, 2.75) is 19.8 Å². The minimum atomic E-state index is -0.622. The first-order chi connectivity index (χ1) is 8.38. The van der Waals surface area contributed by atoms with Gasteiger partial charge in [-0.1, -0.05) is 6.07 Å². The summed E-state index contributed by atoms with van der Waals surface area (Å²) in [5.41, 5.74) is 0.245. The molecule has 1 aromatic carbocycles. The topological polar surface area (TPSA) is 86.5 Å². The van der Waals surface area contributed by atoms with Crippen molar-refractivity contribution < 1.29 is 19.2 Å². The highest BCUT2D eigenvalue weighted by atomic mass is 16.6. The van der Waals surface area contributed by atoms with E-state index in [1.165, 1.54) is 32.2 Å². The van der Waals surface area contributed by atoms with Crippen LogP contribution < -0.4 is 0 Å². The van der Waals surface area contributed by atoms with E-state index in [1.807, 2.05) is 0 Å². The number of nitro groups is 1. The van der Waals surface area contributed by atoms with Gasteiger partial charge in [0.15, 0.2) is 5.78 Å². The molecule has 0 fully saturated rings. The summed E-state index contributed by atoms with van der Waals surface area (Å²) in [6.45, 7) is 2.85. The van der Waals surface area contributed by atoms with Gasteiger partial charge in [-0.15, -0.1) is 0 Å². The quantitative estimate of drug-likeness (QED) is 0.354. The molecule has 0 aromatic heterocycles. The second kappa shape index (κ2) is 5.39. The highest BCUT2D eigenvalue weighted by molar-refractivity contribution is 5.98. The fourth-order valence-corrected chi connectivity index (χ4v) is 1.58. The Labute approximate surface area is 104 Å². The molecule has 0 spiro atoms. The summed E-state index contributed by atoms with van der Waals surface area (Å²) in [5, 5.41) is 10.8. The largest absolute Gasteiger partial charge is 0.469 e. The maximum atomic E-state index is 11.4. The van der Waals surface area contributed by atoms with E-state index < -0.39 is 22.6 Å². The maximum Gasteiger partial charge on any atom is 0.312 e. The van der Waals surface area contributed by atoms with Gasteiger partial charge in [-0.3, -0.25) is 19.7 Å². The van der Waals surface area contributed by atoms with Crippen LogP contribution in [0.1, 0.15) is 35.7 Å². The number of carbonyl (C=O) groups excluding carboxylic acids is 2. The maximum absolute atomic E-state index is 11.4. The van der Waals surface area contributed by atoms with Crippen molar-refractivity contribution in [2.75, 3.05) is 7.11 Å². The third-order valence-corrected chi connectivity index (χ3v) is 2.65. The predicted molar refractivity (Wildman–Crippen MR) is 63.5 cm³/mol. The monoisotopic (exact) mass is 251 g/mol. The zero-order chi connectivity index (χ0) is 13.9. The highest BCUT2D eigenvalue weighted by Gasteiger charge is 2.22. The molecule has 0 radical (unpaired) electrons. The van der Waals surface area contributed by atoms with Crippen LogP contribution in [0.2, 0.25) is 0 Å². The Morgan fingerprint density at radius 1 is 1.39 bits per heavy atom. The molecule has 0 aliphatic heterocycles. The van der Waals surface area contributed by atoms with E-state index in [-0.39, 0.29) is 11.3 Å². The van der Waals surface area contributed by atoms with Crippen LogP contribution in [0.3, 0.4) is 0 Å². The molecule has 0 aliphatic rings. The number of ether oxygens (including phenoxy) is 1. The number of Topliss-reactive ketones (excluding diaryl/α,β-unsaturated/α-hetero) is 1. The number of methoxy groups -OCH3 is 1. The molecule has 0 N–H and O–H groups in total. The molecular weight excluding hydrogens is 238 g/mol. The van der Waals surface area contributed by atoms with Gasteiger partial charge in [0.2, 0.25) is 0 Å². The van der Waals surface area contributed by atoms with Gasteiger partial charge in [-0.05, 0) is 25.5 Å². The van der Waals surface area contributed by atoms with Crippen molar-refractivity contribution in [1.82, 2.24) is 0 Å². The van der Waals surface area contributed by atoms with Crippen molar-refractivity contribution in [3.05, 3.63) is 39.4 Å². The molecule has 0 bridgehead atoms. The minimum Gasteiger partial charge on any atom is -0.469 e. The number of rotatable bonds is 4. The highest BCUT2D eigenvalue weighted by Crippen LogP contribution is 2.25. The Morgan fingerprint density at radius 3 is 2.44 bits per heavy atom. The smallest absolute Gasteiger partial charge is 0.312 e. The number of benzene rings is 1. The Morgan fingerprint density at radius 2 is 2.00 bits per heavy atom. The van der Waals surface area contributed by atoms with E-state index in [0.717, 1.165) is 0 Å². The summed E-state index contributed by atoms with van der Waals surface area (Å²) in [5.74, 6) is -1.45. The summed E-state index contributed by atoms with van der Waals surface area (Å²) in [4.78, 5) is 32.9. The van der Waals surface area contributed by atoms with Crippen LogP contribution in [0.25, 0.3) is 0 Å². The molecule has 1 aromatic rings. The van der Waals surface area contributed by atoms with Crippen molar-refractivity contribution in [2.24, 2.45) is 0 Å². The predicted octanol–water partition coefficient (Wildman–Crippen LogP) is 2.07. The SMILES string of the molecule is COC(=O)C(C)c1ccc([N+](=O)[O-])c(C(C)=O)c1. The van der Waals surface area contributed by atoms with Crippen LogP contribution in [-0.2, 0) is 9.53 Å². The molecule has 96 valence electrons. The number of carbonyl (C=O) groups is 2. The second-order valence-electron chi connectivity index (χ2n) is 3.83. The van der Waals surface area contributed by atoms with E-state index in [4.69, 9.17) is 0 Å². The van der Waals surface area contributed by atoms with Gasteiger partial charge in [-0.25, -0.2) is 0 Å². The van der Waals surface area contributed by atoms with Crippen molar-refractivity contribution in [3.8, 4) is 0 Å². The van der Waals surface area contributed by atoms with Crippen LogP contribution in [0, 0.1) is 10.1 Å². The molecular formula is C12H13NO5. The Kier molecular flexibility index (Phi) is 4.14. The number of ketones is 1. The molecule has 0 amide bonds. The van der Waals surface area contributed by atoms with Crippen LogP contribution in [0.4, 0.5) is 5.69 Å². The number of nitro benzene ring substituents is 1. The Bertz CT molecular complexity index is 509. The zero-order valence-corrected chi connectivity index (χ0v) is 10.3. The van der Waals surface area contributed by atoms with Crippen LogP contribution in [0.15, 0.2) is 18.2 Å². The third kappa shape index (κ3) is 2.71. The Hall–Kier alpha value is -2.24. The molecule has 1 unspecified atom stereocenters.